The van der Waals surface area contributed by atoms with Crippen LogP contribution >= 0.6 is 0 Å². The van der Waals surface area contributed by atoms with Gasteiger partial charge < -0.3 is 14.7 Å². The molecular weight excluding hydrogens is 345 g/mol. The van der Waals surface area contributed by atoms with E-state index in [1.54, 1.807) is 18.2 Å². The summed E-state index contributed by atoms with van der Waals surface area (Å²) in [6, 6.07) is 8.27. The summed E-state index contributed by atoms with van der Waals surface area (Å²) in [4.78, 5) is 28.2. The number of benzene rings is 1. The number of aryl methyl sites for hydroxylation is 1. The Morgan fingerprint density at radius 1 is 0.926 bits per heavy atom. The van der Waals surface area contributed by atoms with Crippen molar-refractivity contribution in [2.75, 3.05) is 49.1 Å². The highest BCUT2D eigenvalue weighted by Gasteiger charge is 2.25. The van der Waals surface area contributed by atoms with E-state index in [0.29, 0.717) is 24.7 Å². The van der Waals surface area contributed by atoms with E-state index in [9.17, 15) is 9.18 Å². The predicted molar refractivity (Wildman–Crippen MR) is 103 cm³/mol. The van der Waals surface area contributed by atoms with Crippen molar-refractivity contribution in [3.05, 3.63) is 47.5 Å². The van der Waals surface area contributed by atoms with Crippen LogP contribution in [0.25, 0.3) is 0 Å². The molecule has 0 N–H and O–H groups in total. The lowest BCUT2D eigenvalue weighted by Gasteiger charge is -2.36. The summed E-state index contributed by atoms with van der Waals surface area (Å²) in [6.45, 7) is 6.50. The van der Waals surface area contributed by atoms with Gasteiger partial charge in [-0.05, 0) is 50.1 Å². The molecule has 2 fully saturated rings. The molecule has 0 unspecified atom stereocenters. The molecule has 2 saturated heterocycles. The molecule has 27 heavy (non-hydrogen) atoms. The molecule has 7 heteroatoms. The molecule has 4 rings (SSSR count). The first-order valence-electron chi connectivity index (χ1n) is 9.50. The normalized spacial score (nSPS) is 17.5. The molecule has 0 spiro atoms. The maximum Gasteiger partial charge on any atom is 0.272 e. The number of piperazine rings is 1. The highest BCUT2D eigenvalue weighted by Crippen LogP contribution is 2.20. The smallest absolute Gasteiger partial charge is 0.272 e. The van der Waals surface area contributed by atoms with Crippen LogP contribution in [0.15, 0.2) is 30.3 Å². The second kappa shape index (κ2) is 7.50. The van der Waals surface area contributed by atoms with Crippen molar-refractivity contribution in [2.45, 2.75) is 19.8 Å². The zero-order valence-electron chi connectivity index (χ0n) is 15.6. The van der Waals surface area contributed by atoms with Crippen molar-refractivity contribution < 1.29 is 9.18 Å². The number of carbonyl (C=O) groups is 1. The van der Waals surface area contributed by atoms with E-state index in [1.807, 2.05) is 11.8 Å². The number of amides is 1. The van der Waals surface area contributed by atoms with Crippen LogP contribution in [0.2, 0.25) is 0 Å². The number of carbonyl (C=O) groups excluding carboxylic acids is 1. The minimum atomic E-state index is -0.236. The van der Waals surface area contributed by atoms with Gasteiger partial charge in [-0.25, -0.2) is 14.4 Å². The van der Waals surface area contributed by atoms with Crippen molar-refractivity contribution in [2.24, 2.45) is 0 Å². The van der Waals surface area contributed by atoms with Gasteiger partial charge in [-0.1, -0.05) is 0 Å². The second-order valence-electron chi connectivity index (χ2n) is 7.14. The Balaban J connectivity index is 1.44. The molecule has 2 aromatic rings. The van der Waals surface area contributed by atoms with E-state index in [1.165, 1.54) is 12.1 Å². The van der Waals surface area contributed by atoms with Crippen LogP contribution in [-0.2, 0) is 0 Å². The van der Waals surface area contributed by atoms with E-state index in [-0.39, 0.29) is 11.7 Å². The molecule has 142 valence electrons. The lowest BCUT2D eigenvalue weighted by molar-refractivity contribution is 0.0740. The number of anilines is 2. The lowest BCUT2D eigenvalue weighted by Crippen LogP contribution is -2.49. The summed E-state index contributed by atoms with van der Waals surface area (Å²) in [5.74, 6) is 0.390. The highest BCUT2D eigenvalue weighted by atomic mass is 19.1. The molecule has 0 aliphatic carbocycles. The zero-order chi connectivity index (χ0) is 18.8. The topological polar surface area (TPSA) is 52.6 Å². The molecular formula is C20H24FN5O. The summed E-state index contributed by atoms with van der Waals surface area (Å²) in [7, 11) is 0. The number of rotatable bonds is 3. The molecule has 2 aliphatic rings. The summed E-state index contributed by atoms with van der Waals surface area (Å²) in [6.07, 6.45) is 2.29. The molecule has 6 nitrogen and oxygen atoms in total. The summed E-state index contributed by atoms with van der Waals surface area (Å²) >= 11 is 0. The fraction of sp³-hybridized carbons (Fsp3) is 0.450. The zero-order valence-corrected chi connectivity index (χ0v) is 15.6. The van der Waals surface area contributed by atoms with Gasteiger partial charge in [0.15, 0.2) is 0 Å². The van der Waals surface area contributed by atoms with Crippen LogP contribution in [0.1, 0.15) is 29.0 Å². The first-order chi connectivity index (χ1) is 13.1. The van der Waals surface area contributed by atoms with Gasteiger partial charge in [0, 0.05) is 50.6 Å². The van der Waals surface area contributed by atoms with Crippen LogP contribution in [-0.4, -0.2) is 60.0 Å². The molecule has 2 aliphatic heterocycles. The average Bonchev–Trinajstić information content (AvgIpc) is 3.23. The van der Waals surface area contributed by atoms with Crippen molar-refractivity contribution in [1.82, 2.24) is 14.9 Å². The minimum absolute atomic E-state index is 0.0419. The van der Waals surface area contributed by atoms with Gasteiger partial charge in [0.25, 0.3) is 5.91 Å². The van der Waals surface area contributed by atoms with Gasteiger partial charge in [-0.15, -0.1) is 0 Å². The SMILES string of the molecule is Cc1cc(C(=O)N2CCN(c3ccc(F)cc3)CC2)nc(N2CCCC2)n1. The van der Waals surface area contributed by atoms with E-state index < -0.39 is 0 Å². The monoisotopic (exact) mass is 369 g/mol. The molecule has 1 aromatic carbocycles. The number of hydrogen-bond acceptors (Lipinski definition) is 5. The van der Waals surface area contributed by atoms with Crippen LogP contribution in [0.4, 0.5) is 16.0 Å². The Hall–Kier alpha value is -2.70. The largest absolute Gasteiger partial charge is 0.368 e. The van der Waals surface area contributed by atoms with Crippen molar-refractivity contribution >= 4 is 17.5 Å². The molecule has 0 atom stereocenters. The number of aromatic nitrogens is 2. The number of halogens is 1. The summed E-state index contributed by atoms with van der Waals surface area (Å²) in [5.41, 5.74) is 2.28. The standard InChI is InChI=1S/C20H24FN5O/c1-15-14-18(23-20(22-15)26-8-2-3-9-26)19(27)25-12-10-24(11-13-25)17-6-4-16(21)5-7-17/h4-7,14H,2-3,8-13H2,1H3. The third-order valence-corrected chi connectivity index (χ3v) is 5.21. The maximum atomic E-state index is 13.1. The first kappa shape index (κ1) is 17.7. The van der Waals surface area contributed by atoms with E-state index in [4.69, 9.17) is 0 Å². The van der Waals surface area contributed by atoms with Crippen molar-refractivity contribution in [3.63, 3.8) is 0 Å². The van der Waals surface area contributed by atoms with E-state index in [0.717, 1.165) is 50.4 Å². The summed E-state index contributed by atoms with van der Waals surface area (Å²) < 4.78 is 13.1. The fourth-order valence-corrected chi connectivity index (χ4v) is 3.70. The van der Waals surface area contributed by atoms with Crippen LogP contribution < -0.4 is 9.80 Å². The van der Waals surface area contributed by atoms with Gasteiger partial charge >= 0.3 is 0 Å². The van der Waals surface area contributed by atoms with Gasteiger partial charge in [0.2, 0.25) is 5.95 Å². The Morgan fingerprint density at radius 2 is 1.59 bits per heavy atom. The van der Waals surface area contributed by atoms with Gasteiger partial charge in [-0.3, -0.25) is 4.79 Å². The van der Waals surface area contributed by atoms with Gasteiger partial charge in [0.1, 0.15) is 11.5 Å². The van der Waals surface area contributed by atoms with E-state index >= 15 is 0 Å². The van der Waals surface area contributed by atoms with Gasteiger partial charge in [0.05, 0.1) is 0 Å². The van der Waals surface area contributed by atoms with Crippen LogP contribution in [0.5, 0.6) is 0 Å². The lowest BCUT2D eigenvalue weighted by atomic mass is 10.2. The summed E-state index contributed by atoms with van der Waals surface area (Å²) in [5, 5.41) is 0. The molecule has 3 heterocycles. The second-order valence-corrected chi connectivity index (χ2v) is 7.14. The number of hydrogen-bond donors (Lipinski definition) is 0. The Bertz CT molecular complexity index is 812. The average molecular weight is 369 g/mol. The van der Waals surface area contributed by atoms with Crippen LogP contribution in [0.3, 0.4) is 0 Å². The minimum Gasteiger partial charge on any atom is -0.368 e. The Labute approximate surface area is 158 Å². The predicted octanol–water partition coefficient (Wildman–Crippen LogP) is 2.49. The van der Waals surface area contributed by atoms with Gasteiger partial charge in [-0.2, -0.15) is 0 Å². The highest BCUT2D eigenvalue weighted by molar-refractivity contribution is 5.93. The third kappa shape index (κ3) is 3.86. The molecule has 0 bridgehead atoms. The van der Waals surface area contributed by atoms with Crippen molar-refractivity contribution in [1.29, 1.82) is 0 Å². The Kier molecular flexibility index (Phi) is 4.92. The Morgan fingerprint density at radius 3 is 2.26 bits per heavy atom. The van der Waals surface area contributed by atoms with Crippen molar-refractivity contribution in [3.8, 4) is 0 Å². The van der Waals surface area contributed by atoms with Crippen LogP contribution in [0, 0.1) is 12.7 Å². The molecule has 0 radical (unpaired) electrons. The molecule has 1 aromatic heterocycles. The third-order valence-electron chi connectivity index (χ3n) is 5.21. The molecule has 1 amide bonds. The quantitative estimate of drug-likeness (QED) is 0.832. The van der Waals surface area contributed by atoms with E-state index in [2.05, 4.69) is 19.8 Å². The maximum absolute atomic E-state index is 13.1. The number of nitrogens with zero attached hydrogens (tertiary/aromatic N) is 5. The molecule has 0 saturated carbocycles. The first-order valence-corrected chi connectivity index (χ1v) is 9.50. The fourth-order valence-electron chi connectivity index (χ4n) is 3.70.